The highest BCUT2D eigenvalue weighted by molar-refractivity contribution is 7.07. The molecule has 4 heteroatoms. The fraction of sp³-hybridized carbons (Fsp3) is 0.706. The molecule has 2 heterocycles. The maximum Gasteiger partial charge on any atom is 0.193 e. The smallest absolute Gasteiger partial charge is 0.193 e. The Bertz CT molecular complexity index is 454. The second-order valence-corrected chi connectivity index (χ2v) is 7.38. The number of thiophene rings is 1. The zero-order valence-corrected chi connectivity index (χ0v) is 14.0. The number of rotatable bonds is 3. The van der Waals surface area contributed by atoms with Crippen LogP contribution in [0.4, 0.5) is 0 Å². The largest absolute Gasteiger partial charge is 0.356 e. The van der Waals surface area contributed by atoms with Crippen molar-refractivity contribution >= 4 is 17.3 Å². The molecule has 1 N–H and O–H groups in total. The Morgan fingerprint density at radius 2 is 2.10 bits per heavy atom. The van der Waals surface area contributed by atoms with Gasteiger partial charge < -0.3 is 10.2 Å². The average molecular weight is 305 g/mol. The number of hydrogen-bond donors (Lipinski definition) is 1. The van der Waals surface area contributed by atoms with E-state index in [-0.39, 0.29) is 0 Å². The van der Waals surface area contributed by atoms with Crippen LogP contribution in [-0.2, 0) is 0 Å². The van der Waals surface area contributed by atoms with Gasteiger partial charge in [0.1, 0.15) is 0 Å². The lowest BCUT2D eigenvalue weighted by Gasteiger charge is -2.23. The molecule has 1 saturated carbocycles. The van der Waals surface area contributed by atoms with Crippen molar-refractivity contribution in [2.75, 3.05) is 26.7 Å². The van der Waals surface area contributed by atoms with Crippen LogP contribution in [0.25, 0.3) is 0 Å². The summed E-state index contributed by atoms with van der Waals surface area (Å²) in [5, 5.41) is 8.00. The third-order valence-electron chi connectivity index (χ3n) is 5.17. The van der Waals surface area contributed by atoms with Crippen LogP contribution in [0, 0.1) is 11.8 Å². The first-order valence-electron chi connectivity index (χ1n) is 8.25. The Labute approximate surface area is 132 Å². The Hall–Kier alpha value is -1.03. The summed E-state index contributed by atoms with van der Waals surface area (Å²) in [4.78, 5) is 7.00. The molecule has 2 aliphatic rings. The van der Waals surface area contributed by atoms with Gasteiger partial charge in [-0.25, -0.2) is 0 Å². The summed E-state index contributed by atoms with van der Waals surface area (Å²) in [6, 6.07) is 2.23. The van der Waals surface area contributed by atoms with Gasteiger partial charge in [0.2, 0.25) is 0 Å². The van der Waals surface area contributed by atoms with Crippen LogP contribution in [0.2, 0.25) is 0 Å². The summed E-state index contributed by atoms with van der Waals surface area (Å²) in [5.41, 5.74) is 1.43. The van der Waals surface area contributed by atoms with Gasteiger partial charge in [0.15, 0.2) is 5.96 Å². The number of aliphatic imine (C=N–C) groups is 1. The van der Waals surface area contributed by atoms with Gasteiger partial charge in [-0.15, -0.1) is 0 Å². The predicted molar refractivity (Wildman–Crippen MR) is 91.1 cm³/mol. The maximum absolute atomic E-state index is 4.52. The number of guanidine groups is 1. The topological polar surface area (TPSA) is 27.6 Å². The van der Waals surface area contributed by atoms with E-state index in [4.69, 9.17) is 0 Å². The van der Waals surface area contributed by atoms with Crippen molar-refractivity contribution in [3.05, 3.63) is 22.4 Å². The van der Waals surface area contributed by atoms with E-state index in [9.17, 15) is 0 Å². The third-order valence-corrected chi connectivity index (χ3v) is 5.87. The van der Waals surface area contributed by atoms with Crippen LogP contribution >= 0.6 is 11.3 Å². The minimum Gasteiger partial charge on any atom is -0.356 e. The van der Waals surface area contributed by atoms with Gasteiger partial charge in [0.25, 0.3) is 0 Å². The van der Waals surface area contributed by atoms with E-state index < -0.39 is 0 Å². The first-order valence-corrected chi connectivity index (χ1v) is 9.20. The van der Waals surface area contributed by atoms with Crippen molar-refractivity contribution in [3.8, 4) is 0 Å². The maximum atomic E-state index is 4.52. The van der Waals surface area contributed by atoms with Gasteiger partial charge in [-0.05, 0) is 53.0 Å². The lowest BCUT2D eigenvalue weighted by Crippen LogP contribution is -2.41. The molecule has 0 bridgehead atoms. The Kier molecular flexibility index (Phi) is 4.84. The van der Waals surface area contributed by atoms with Crippen LogP contribution in [0.5, 0.6) is 0 Å². The second kappa shape index (κ2) is 6.82. The van der Waals surface area contributed by atoms with Crippen LogP contribution in [0.1, 0.15) is 44.1 Å². The molecule has 1 aliphatic heterocycles. The Morgan fingerprint density at radius 3 is 2.67 bits per heavy atom. The van der Waals surface area contributed by atoms with Gasteiger partial charge in [-0.2, -0.15) is 11.3 Å². The van der Waals surface area contributed by atoms with E-state index in [1.54, 1.807) is 11.3 Å². The molecule has 1 saturated heterocycles. The van der Waals surface area contributed by atoms with Crippen molar-refractivity contribution in [1.82, 2.24) is 10.2 Å². The van der Waals surface area contributed by atoms with Crippen molar-refractivity contribution < 1.29 is 0 Å². The van der Waals surface area contributed by atoms with E-state index in [0.717, 1.165) is 24.3 Å². The molecule has 1 aromatic heterocycles. The second-order valence-electron chi connectivity index (χ2n) is 6.60. The van der Waals surface area contributed by atoms with Gasteiger partial charge >= 0.3 is 0 Å². The molecular formula is C17H27N3S. The molecule has 1 aromatic rings. The summed E-state index contributed by atoms with van der Waals surface area (Å²) in [6.07, 6.45) is 5.69. The van der Waals surface area contributed by atoms with E-state index in [1.807, 2.05) is 7.05 Å². The molecule has 0 amide bonds. The predicted octanol–water partition coefficient (Wildman–Crippen LogP) is 3.55. The Morgan fingerprint density at radius 1 is 1.38 bits per heavy atom. The lowest BCUT2D eigenvalue weighted by molar-refractivity contribution is 0.299. The summed E-state index contributed by atoms with van der Waals surface area (Å²) < 4.78 is 0. The molecule has 0 spiro atoms. The molecule has 3 unspecified atom stereocenters. The number of likely N-dealkylation sites (tertiary alicyclic amines) is 1. The molecule has 0 radical (unpaired) electrons. The summed E-state index contributed by atoms with van der Waals surface area (Å²) in [6.45, 7) is 5.66. The molecule has 3 nitrogen and oxygen atoms in total. The standard InChI is InChI=1S/C17H27N3S/c1-13(16-7-8-21-12-16)9-19-17(18-2)20-10-14-5-3-4-6-15(14)11-20/h7-8,12-15H,3-6,9-11H2,1-2H3,(H,18,19). The van der Waals surface area contributed by atoms with E-state index in [0.29, 0.717) is 5.92 Å². The number of fused-ring (bicyclic) bond motifs is 1. The van der Waals surface area contributed by atoms with Gasteiger partial charge in [-0.3, -0.25) is 4.99 Å². The molecular weight excluding hydrogens is 278 g/mol. The third kappa shape index (κ3) is 3.42. The monoisotopic (exact) mass is 305 g/mol. The highest BCUT2D eigenvalue weighted by Crippen LogP contribution is 2.35. The molecule has 3 rings (SSSR count). The van der Waals surface area contributed by atoms with Gasteiger partial charge in [0.05, 0.1) is 0 Å². The van der Waals surface area contributed by atoms with Crippen molar-refractivity contribution in [2.24, 2.45) is 16.8 Å². The van der Waals surface area contributed by atoms with Gasteiger partial charge in [-0.1, -0.05) is 19.8 Å². The first-order chi connectivity index (χ1) is 10.3. The van der Waals surface area contributed by atoms with Crippen LogP contribution in [-0.4, -0.2) is 37.5 Å². The minimum absolute atomic E-state index is 0.540. The average Bonchev–Trinajstić information content (AvgIpc) is 3.17. The quantitative estimate of drug-likeness (QED) is 0.683. The fourth-order valence-electron chi connectivity index (χ4n) is 3.83. The highest BCUT2D eigenvalue weighted by atomic mass is 32.1. The summed E-state index contributed by atoms with van der Waals surface area (Å²) in [5.74, 6) is 3.46. The Balaban J connectivity index is 1.54. The molecule has 2 fully saturated rings. The number of nitrogens with zero attached hydrogens (tertiary/aromatic N) is 2. The summed E-state index contributed by atoms with van der Waals surface area (Å²) >= 11 is 1.78. The van der Waals surface area contributed by atoms with Crippen LogP contribution in [0.3, 0.4) is 0 Å². The van der Waals surface area contributed by atoms with Crippen molar-refractivity contribution in [3.63, 3.8) is 0 Å². The van der Waals surface area contributed by atoms with Gasteiger partial charge in [0, 0.05) is 26.7 Å². The molecule has 21 heavy (non-hydrogen) atoms. The zero-order chi connectivity index (χ0) is 14.7. The molecule has 0 aromatic carbocycles. The van der Waals surface area contributed by atoms with E-state index in [2.05, 4.69) is 39.0 Å². The SMILES string of the molecule is CN=C(NCC(C)c1ccsc1)N1CC2CCCCC2C1. The van der Waals surface area contributed by atoms with Crippen molar-refractivity contribution in [1.29, 1.82) is 0 Å². The minimum atomic E-state index is 0.540. The number of hydrogen-bond acceptors (Lipinski definition) is 2. The van der Waals surface area contributed by atoms with E-state index in [1.165, 1.54) is 44.3 Å². The summed E-state index contributed by atoms with van der Waals surface area (Å²) in [7, 11) is 1.92. The first kappa shape index (κ1) is 14.9. The fourth-order valence-corrected chi connectivity index (χ4v) is 4.61. The lowest BCUT2D eigenvalue weighted by atomic mass is 9.82. The zero-order valence-electron chi connectivity index (χ0n) is 13.2. The van der Waals surface area contributed by atoms with E-state index >= 15 is 0 Å². The molecule has 1 aliphatic carbocycles. The van der Waals surface area contributed by atoms with Crippen LogP contribution < -0.4 is 5.32 Å². The molecule has 116 valence electrons. The normalized spacial score (nSPS) is 27.5. The molecule has 3 atom stereocenters. The van der Waals surface area contributed by atoms with Crippen LogP contribution in [0.15, 0.2) is 21.8 Å². The van der Waals surface area contributed by atoms with Crippen molar-refractivity contribution in [2.45, 2.75) is 38.5 Å². The highest BCUT2D eigenvalue weighted by Gasteiger charge is 2.35. The number of nitrogens with one attached hydrogen (secondary N) is 1.